The third-order valence-electron chi connectivity index (χ3n) is 1.80. The molecule has 1 aromatic heterocycles. The van der Waals surface area contributed by atoms with Crippen molar-refractivity contribution in [1.82, 2.24) is 5.32 Å². The maximum atomic E-state index is 5.66. The summed E-state index contributed by atoms with van der Waals surface area (Å²) in [5.41, 5.74) is 5.66. The molecule has 0 aliphatic rings. The molecule has 0 saturated heterocycles. The van der Waals surface area contributed by atoms with Crippen molar-refractivity contribution in [3.8, 4) is 0 Å². The molecule has 0 aliphatic heterocycles. The van der Waals surface area contributed by atoms with Crippen LogP contribution in [0.4, 0.5) is 0 Å². The van der Waals surface area contributed by atoms with Crippen LogP contribution in [0.3, 0.4) is 0 Å². The summed E-state index contributed by atoms with van der Waals surface area (Å²) in [4.78, 5) is 4.12. The van der Waals surface area contributed by atoms with E-state index in [1.165, 1.54) is 0 Å². The Balaban J connectivity index is 2.33. The van der Waals surface area contributed by atoms with Gasteiger partial charge in [-0.3, -0.25) is 0 Å². The quantitative estimate of drug-likeness (QED) is 0.556. The van der Waals surface area contributed by atoms with Gasteiger partial charge in [0.1, 0.15) is 12.3 Å². The lowest BCUT2D eigenvalue weighted by atomic mass is 10.4. The van der Waals surface area contributed by atoms with Crippen molar-refractivity contribution in [2.45, 2.75) is 19.5 Å². The van der Waals surface area contributed by atoms with Crippen LogP contribution in [0.2, 0.25) is 0 Å². The van der Waals surface area contributed by atoms with Crippen LogP contribution >= 0.6 is 0 Å². The van der Waals surface area contributed by atoms with Gasteiger partial charge in [-0.15, -0.1) is 0 Å². The summed E-state index contributed by atoms with van der Waals surface area (Å²) < 4.78 is 10.1. The molecule has 0 amide bonds. The van der Waals surface area contributed by atoms with E-state index in [1.807, 2.05) is 19.1 Å². The third-order valence-corrected chi connectivity index (χ3v) is 1.80. The Hall–Kier alpha value is -1.49. The van der Waals surface area contributed by atoms with E-state index in [9.17, 15) is 0 Å². The molecule has 1 aromatic rings. The fraction of sp³-hybridized carbons (Fsp3) is 0.500. The zero-order valence-corrected chi connectivity index (χ0v) is 9.06. The van der Waals surface area contributed by atoms with E-state index in [4.69, 9.17) is 14.9 Å². The Kier molecular flexibility index (Phi) is 4.70. The van der Waals surface area contributed by atoms with E-state index in [1.54, 1.807) is 13.4 Å². The van der Waals surface area contributed by atoms with Crippen LogP contribution in [0.5, 0.6) is 0 Å². The first-order valence-corrected chi connectivity index (χ1v) is 4.80. The summed E-state index contributed by atoms with van der Waals surface area (Å²) in [6, 6.07) is 3.83. The molecule has 5 heteroatoms. The van der Waals surface area contributed by atoms with Crippen LogP contribution in [0.25, 0.3) is 0 Å². The Morgan fingerprint density at radius 3 is 3.13 bits per heavy atom. The normalized spacial score (nSPS) is 13.9. The molecule has 0 fully saturated rings. The standard InChI is InChI=1S/C10H17N3O2/c1-8(7-14-2)13-10(11)12-6-9-4-3-5-15-9/h3-5,8H,6-7H2,1-2H3,(H3,11,12,13)/t8-/m1/s1. The van der Waals surface area contributed by atoms with Crippen molar-refractivity contribution in [3.05, 3.63) is 24.2 Å². The van der Waals surface area contributed by atoms with Gasteiger partial charge in [-0.1, -0.05) is 0 Å². The van der Waals surface area contributed by atoms with Gasteiger partial charge in [-0.25, -0.2) is 4.99 Å². The highest BCUT2D eigenvalue weighted by atomic mass is 16.5. The van der Waals surface area contributed by atoms with Gasteiger partial charge < -0.3 is 20.2 Å². The second-order valence-electron chi connectivity index (χ2n) is 3.28. The summed E-state index contributed by atoms with van der Waals surface area (Å²) in [6.07, 6.45) is 1.61. The summed E-state index contributed by atoms with van der Waals surface area (Å²) in [5, 5.41) is 3.00. The van der Waals surface area contributed by atoms with Gasteiger partial charge in [0.2, 0.25) is 0 Å². The second kappa shape index (κ2) is 6.08. The van der Waals surface area contributed by atoms with E-state index >= 15 is 0 Å². The van der Waals surface area contributed by atoms with Crippen LogP contribution in [-0.4, -0.2) is 25.7 Å². The number of furan rings is 1. The minimum absolute atomic E-state index is 0.148. The van der Waals surface area contributed by atoms with Crippen LogP contribution < -0.4 is 11.1 Å². The number of ether oxygens (including phenoxy) is 1. The largest absolute Gasteiger partial charge is 0.467 e. The van der Waals surface area contributed by atoms with Gasteiger partial charge in [-0.2, -0.15) is 0 Å². The Labute approximate surface area is 89.3 Å². The van der Waals surface area contributed by atoms with Crippen LogP contribution in [0.15, 0.2) is 27.8 Å². The molecule has 0 unspecified atom stereocenters. The maximum Gasteiger partial charge on any atom is 0.189 e. The molecule has 0 aromatic carbocycles. The lowest BCUT2D eigenvalue weighted by molar-refractivity contribution is 0.179. The predicted molar refractivity (Wildman–Crippen MR) is 58.5 cm³/mol. The topological polar surface area (TPSA) is 72.8 Å². The summed E-state index contributed by atoms with van der Waals surface area (Å²) in [5.74, 6) is 1.19. The molecule has 84 valence electrons. The average Bonchev–Trinajstić information content (AvgIpc) is 2.67. The number of nitrogens with one attached hydrogen (secondary N) is 1. The first-order chi connectivity index (χ1) is 7.22. The molecule has 15 heavy (non-hydrogen) atoms. The summed E-state index contributed by atoms with van der Waals surface area (Å²) in [7, 11) is 1.65. The number of methoxy groups -OCH3 is 1. The molecule has 3 N–H and O–H groups in total. The number of hydrogen-bond acceptors (Lipinski definition) is 3. The molecule has 1 rings (SSSR count). The number of nitrogens with two attached hydrogens (primary N) is 1. The minimum atomic E-state index is 0.148. The van der Waals surface area contributed by atoms with Gasteiger partial charge >= 0.3 is 0 Å². The monoisotopic (exact) mass is 211 g/mol. The Bertz CT molecular complexity index is 296. The van der Waals surface area contributed by atoms with E-state index < -0.39 is 0 Å². The van der Waals surface area contributed by atoms with Gasteiger partial charge in [0.25, 0.3) is 0 Å². The van der Waals surface area contributed by atoms with E-state index in [-0.39, 0.29) is 6.04 Å². The molecule has 0 bridgehead atoms. The fourth-order valence-corrected chi connectivity index (χ4v) is 1.16. The van der Waals surface area contributed by atoms with Crippen LogP contribution in [-0.2, 0) is 11.3 Å². The number of rotatable bonds is 5. The smallest absolute Gasteiger partial charge is 0.189 e. The van der Waals surface area contributed by atoms with Crippen molar-refractivity contribution in [2.24, 2.45) is 10.7 Å². The van der Waals surface area contributed by atoms with Crippen molar-refractivity contribution in [2.75, 3.05) is 13.7 Å². The second-order valence-corrected chi connectivity index (χ2v) is 3.28. The fourth-order valence-electron chi connectivity index (χ4n) is 1.16. The SMILES string of the molecule is COC[C@@H](C)NC(N)=NCc1ccco1. The lowest BCUT2D eigenvalue weighted by Crippen LogP contribution is -2.40. The van der Waals surface area contributed by atoms with Crippen molar-refractivity contribution in [3.63, 3.8) is 0 Å². The molecule has 0 saturated carbocycles. The van der Waals surface area contributed by atoms with Crippen molar-refractivity contribution >= 4 is 5.96 Å². The molecule has 0 radical (unpaired) electrons. The molecular weight excluding hydrogens is 194 g/mol. The van der Waals surface area contributed by atoms with Gasteiger partial charge in [0.05, 0.1) is 12.9 Å². The van der Waals surface area contributed by atoms with Gasteiger partial charge in [0.15, 0.2) is 5.96 Å². The third kappa shape index (κ3) is 4.51. The van der Waals surface area contributed by atoms with Crippen molar-refractivity contribution < 1.29 is 9.15 Å². The van der Waals surface area contributed by atoms with Gasteiger partial charge in [0, 0.05) is 13.2 Å². The Morgan fingerprint density at radius 2 is 2.53 bits per heavy atom. The molecule has 5 nitrogen and oxygen atoms in total. The highest BCUT2D eigenvalue weighted by Crippen LogP contribution is 2.00. The molecule has 0 spiro atoms. The number of guanidine groups is 1. The summed E-state index contributed by atoms with van der Waals surface area (Å²) >= 11 is 0. The van der Waals surface area contributed by atoms with Crippen LogP contribution in [0.1, 0.15) is 12.7 Å². The zero-order chi connectivity index (χ0) is 11.1. The maximum absolute atomic E-state index is 5.66. The zero-order valence-electron chi connectivity index (χ0n) is 9.06. The lowest BCUT2D eigenvalue weighted by Gasteiger charge is -2.12. The summed E-state index contributed by atoms with van der Waals surface area (Å²) in [6.45, 7) is 3.02. The minimum Gasteiger partial charge on any atom is -0.467 e. The molecule has 0 aliphatic carbocycles. The molecule has 1 atom stereocenters. The van der Waals surface area contributed by atoms with E-state index in [0.29, 0.717) is 19.1 Å². The number of aliphatic imine (C=N–C) groups is 1. The highest BCUT2D eigenvalue weighted by molar-refractivity contribution is 5.78. The van der Waals surface area contributed by atoms with Crippen LogP contribution in [0, 0.1) is 0 Å². The van der Waals surface area contributed by atoms with E-state index in [0.717, 1.165) is 5.76 Å². The first-order valence-electron chi connectivity index (χ1n) is 4.80. The predicted octanol–water partition coefficient (Wildman–Crippen LogP) is 0.719. The Morgan fingerprint density at radius 1 is 1.73 bits per heavy atom. The number of hydrogen-bond donors (Lipinski definition) is 2. The van der Waals surface area contributed by atoms with Crippen molar-refractivity contribution in [1.29, 1.82) is 0 Å². The highest BCUT2D eigenvalue weighted by Gasteiger charge is 2.01. The van der Waals surface area contributed by atoms with E-state index in [2.05, 4.69) is 10.3 Å². The average molecular weight is 211 g/mol. The number of nitrogens with zero attached hydrogens (tertiary/aromatic N) is 1. The van der Waals surface area contributed by atoms with Gasteiger partial charge in [-0.05, 0) is 19.1 Å². The first kappa shape index (κ1) is 11.6. The molecule has 1 heterocycles. The molecular formula is C10H17N3O2.